The van der Waals surface area contributed by atoms with Crippen LogP contribution in [0.2, 0.25) is 0 Å². The van der Waals surface area contributed by atoms with Gasteiger partial charge in [-0.05, 0) is 19.1 Å². The molecule has 1 aromatic carbocycles. The molecule has 1 unspecified atom stereocenters. The van der Waals surface area contributed by atoms with Gasteiger partial charge in [-0.15, -0.1) is 0 Å². The Kier molecular flexibility index (Phi) is 4.82. The van der Waals surface area contributed by atoms with Crippen LogP contribution < -0.4 is 5.32 Å². The van der Waals surface area contributed by atoms with Crippen LogP contribution in [-0.4, -0.2) is 46.8 Å². The van der Waals surface area contributed by atoms with Gasteiger partial charge in [-0.2, -0.15) is 0 Å². The summed E-state index contributed by atoms with van der Waals surface area (Å²) in [6.45, 7) is 2.24. The molecule has 1 aromatic heterocycles. The summed E-state index contributed by atoms with van der Waals surface area (Å²) in [7, 11) is 1.57. The molecule has 1 atom stereocenters. The van der Waals surface area contributed by atoms with Crippen LogP contribution in [0.15, 0.2) is 30.6 Å². The highest BCUT2D eigenvalue weighted by atomic mass is 16.5. The van der Waals surface area contributed by atoms with Crippen molar-refractivity contribution in [1.82, 2.24) is 15.3 Å². The van der Waals surface area contributed by atoms with E-state index >= 15 is 0 Å². The summed E-state index contributed by atoms with van der Waals surface area (Å²) in [5, 5.41) is 12.9. The number of aliphatic hydroxyl groups is 1. The fourth-order valence-corrected chi connectivity index (χ4v) is 1.95. The van der Waals surface area contributed by atoms with E-state index in [-0.39, 0.29) is 12.5 Å². The van der Waals surface area contributed by atoms with Gasteiger partial charge in [0, 0.05) is 39.1 Å². The molecular weight excluding hydrogens is 270 g/mol. The molecule has 0 radical (unpaired) electrons. The van der Waals surface area contributed by atoms with Crippen LogP contribution in [0, 0.1) is 0 Å². The number of carbonyl (C=O) groups is 1. The first kappa shape index (κ1) is 15.3. The molecule has 2 aromatic rings. The molecule has 0 aliphatic heterocycles. The second-order valence-electron chi connectivity index (χ2n) is 5.15. The number of amides is 1. The Hall–Kier alpha value is -2.05. The lowest BCUT2D eigenvalue weighted by Crippen LogP contribution is -2.41. The molecule has 0 saturated carbocycles. The largest absolute Gasteiger partial charge is 0.388 e. The summed E-state index contributed by atoms with van der Waals surface area (Å²) >= 11 is 0. The molecule has 112 valence electrons. The number of nitrogens with one attached hydrogen (secondary N) is 1. The second-order valence-corrected chi connectivity index (χ2v) is 5.15. The number of ether oxygens (including phenoxy) is 1. The fourth-order valence-electron chi connectivity index (χ4n) is 1.95. The number of benzene rings is 1. The van der Waals surface area contributed by atoms with Gasteiger partial charge < -0.3 is 15.2 Å². The molecule has 6 heteroatoms. The van der Waals surface area contributed by atoms with Crippen molar-refractivity contribution in [2.75, 3.05) is 20.3 Å². The third-order valence-electron chi connectivity index (χ3n) is 3.22. The Morgan fingerprint density at radius 3 is 2.90 bits per heavy atom. The van der Waals surface area contributed by atoms with Crippen LogP contribution in [0.4, 0.5) is 0 Å². The Balaban J connectivity index is 2.09. The van der Waals surface area contributed by atoms with E-state index in [1.54, 1.807) is 44.6 Å². The lowest BCUT2D eigenvalue weighted by Gasteiger charge is -2.23. The van der Waals surface area contributed by atoms with Gasteiger partial charge in [-0.25, -0.2) is 0 Å². The van der Waals surface area contributed by atoms with Crippen LogP contribution in [0.1, 0.15) is 23.7 Å². The molecule has 0 fully saturated rings. The lowest BCUT2D eigenvalue weighted by atomic mass is 10.0. The lowest BCUT2D eigenvalue weighted by molar-refractivity contribution is 0.0244. The minimum Gasteiger partial charge on any atom is -0.388 e. The van der Waals surface area contributed by atoms with Crippen molar-refractivity contribution in [2.24, 2.45) is 0 Å². The van der Waals surface area contributed by atoms with Crippen molar-refractivity contribution in [2.45, 2.75) is 18.9 Å². The van der Waals surface area contributed by atoms with Crippen LogP contribution in [0.3, 0.4) is 0 Å². The first-order chi connectivity index (χ1) is 10.0. The monoisotopic (exact) mass is 289 g/mol. The van der Waals surface area contributed by atoms with Crippen molar-refractivity contribution in [1.29, 1.82) is 0 Å². The molecule has 2 N–H and O–H groups in total. The van der Waals surface area contributed by atoms with Crippen LogP contribution in [0.5, 0.6) is 0 Å². The van der Waals surface area contributed by atoms with Gasteiger partial charge in [-0.1, -0.05) is 6.07 Å². The predicted molar refractivity (Wildman–Crippen MR) is 79.0 cm³/mol. The minimum atomic E-state index is -1.01. The molecule has 0 aliphatic rings. The minimum absolute atomic E-state index is 0.145. The number of hydrogen-bond donors (Lipinski definition) is 2. The van der Waals surface area contributed by atoms with Gasteiger partial charge >= 0.3 is 0 Å². The molecule has 0 spiro atoms. The smallest absolute Gasteiger partial charge is 0.253 e. The SMILES string of the molecule is COCCC(C)(O)CNC(=O)c1cccc2nccnc12. The van der Waals surface area contributed by atoms with Gasteiger partial charge in [0.05, 0.1) is 16.7 Å². The first-order valence-corrected chi connectivity index (χ1v) is 6.73. The Morgan fingerprint density at radius 2 is 2.14 bits per heavy atom. The molecule has 0 bridgehead atoms. The normalized spacial score (nSPS) is 13.9. The second kappa shape index (κ2) is 6.60. The molecular formula is C15H19N3O3. The van der Waals surface area contributed by atoms with Crippen LogP contribution >= 0.6 is 0 Å². The highest BCUT2D eigenvalue weighted by molar-refractivity contribution is 6.04. The number of fused-ring (bicyclic) bond motifs is 1. The van der Waals surface area contributed by atoms with Crippen molar-refractivity contribution >= 4 is 16.9 Å². The molecule has 21 heavy (non-hydrogen) atoms. The maximum atomic E-state index is 12.3. The quantitative estimate of drug-likeness (QED) is 0.833. The van der Waals surface area contributed by atoms with Gasteiger partial charge in [-0.3, -0.25) is 14.8 Å². The zero-order chi connectivity index (χ0) is 15.3. The van der Waals surface area contributed by atoms with E-state index in [1.165, 1.54) is 0 Å². The number of methoxy groups -OCH3 is 1. The zero-order valence-corrected chi connectivity index (χ0v) is 12.2. The fraction of sp³-hybridized carbons (Fsp3) is 0.400. The number of nitrogens with zero attached hydrogens (tertiary/aromatic N) is 2. The van der Waals surface area contributed by atoms with Crippen molar-refractivity contribution in [3.63, 3.8) is 0 Å². The summed E-state index contributed by atoms with van der Waals surface area (Å²) in [6.07, 6.45) is 3.58. The third kappa shape index (κ3) is 3.96. The number of rotatable bonds is 6. The Bertz CT molecular complexity index is 623. The predicted octanol–water partition coefficient (Wildman–Crippen LogP) is 1.15. The van der Waals surface area contributed by atoms with E-state index in [0.29, 0.717) is 29.6 Å². The van der Waals surface area contributed by atoms with E-state index in [2.05, 4.69) is 15.3 Å². The van der Waals surface area contributed by atoms with E-state index < -0.39 is 5.60 Å². The van der Waals surface area contributed by atoms with Gasteiger partial charge in [0.15, 0.2) is 0 Å². The number of para-hydroxylation sites is 1. The van der Waals surface area contributed by atoms with E-state index in [1.807, 2.05) is 0 Å². The van der Waals surface area contributed by atoms with Gasteiger partial charge in [0.2, 0.25) is 0 Å². The summed E-state index contributed by atoms with van der Waals surface area (Å²) < 4.78 is 4.94. The average Bonchev–Trinajstić information content (AvgIpc) is 2.50. The third-order valence-corrected chi connectivity index (χ3v) is 3.22. The van der Waals surface area contributed by atoms with Gasteiger partial charge in [0.1, 0.15) is 5.52 Å². The Morgan fingerprint density at radius 1 is 1.38 bits per heavy atom. The first-order valence-electron chi connectivity index (χ1n) is 6.73. The van der Waals surface area contributed by atoms with Gasteiger partial charge in [0.25, 0.3) is 5.91 Å². The maximum Gasteiger partial charge on any atom is 0.253 e. The summed E-state index contributed by atoms with van der Waals surface area (Å²) in [4.78, 5) is 20.6. The number of hydrogen-bond acceptors (Lipinski definition) is 5. The zero-order valence-electron chi connectivity index (χ0n) is 12.2. The maximum absolute atomic E-state index is 12.3. The highest BCUT2D eigenvalue weighted by Gasteiger charge is 2.22. The molecule has 1 heterocycles. The van der Waals surface area contributed by atoms with E-state index in [9.17, 15) is 9.90 Å². The van der Waals surface area contributed by atoms with E-state index in [0.717, 1.165) is 0 Å². The molecule has 6 nitrogen and oxygen atoms in total. The number of carbonyl (C=O) groups excluding carboxylic acids is 1. The molecule has 0 aliphatic carbocycles. The van der Waals surface area contributed by atoms with Crippen molar-refractivity contribution < 1.29 is 14.6 Å². The average molecular weight is 289 g/mol. The topological polar surface area (TPSA) is 84.3 Å². The molecule has 0 saturated heterocycles. The highest BCUT2D eigenvalue weighted by Crippen LogP contribution is 2.14. The molecule has 1 amide bonds. The summed E-state index contributed by atoms with van der Waals surface area (Å²) in [5.74, 6) is -0.279. The summed E-state index contributed by atoms with van der Waals surface area (Å²) in [5.41, 5.74) is 0.649. The van der Waals surface area contributed by atoms with Crippen molar-refractivity contribution in [3.8, 4) is 0 Å². The number of aromatic nitrogens is 2. The van der Waals surface area contributed by atoms with Crippen LogP contribution in [-0.2, 0) is 4.74 Å². The van der Waals surface area contributed by atoms with Crippen LogP contribution in [0.25, 0.3) is 11.0 Å². The van der Waals surface area contributed by atoms with Crippen molar-refractivity contribution in [3.05, 3.63) is 36.2 Å². The standard InChI is InChI=1S/C15H19N3O3/c1-15(20,6-9-21-2)10-18-14(19)11-4-3-5-12-13(11)17-8-7-16-12/h3-5,7-8,20H,6,9-10H2,1-2H3,(H,18,19). The van der Waals surface area contributed by atoms with E-state index in [4.69, 9.17) is 4.74 Å². The summed E-state index contributed by atoms with van der Waals surface area (Å²) in [6, 6.07) is 5.25. The Labute approximate surface area is 123 Å². The molecule has 2 rings (SSSR count).